The van der Waals surface area contributed by atoms with E-state index in [2.05, 4.69) is 6.92 Å². The van der Waals surface area contributed by atoms with Gasteiger partial charge in [0.25, 0.3) is 0 Å². The number of hydrogen-bond acceptors (Lipinski definition) is 3. The van der Waals surface area contributed by atoms with Crippen LogP contribution in [0.3, 0.4) is 0 Å². The maximum absolute atomic E-state index is 9.79. The predicted octanol–water partition coefficient (Wildman–Crippen LogP) is 3.19. The predicted molar refractivity (Wildman–Crippen MR) is 72.8 cm³/mol. The molecule has 0 aliphatic heterocycles. The zero-order chi connectivity index (χ0) is 12.1. The summed E-state index contributed by atoms with van der Waals surface area (Å²) in [6, 6.07) is 6.00. The first-order chi connectivity index (χ1) is 8.33. The van der Waals surface area contributed by atoms with E-state index >= 15 is 0 Å². The minimum atomic E-state index is -0.288. The van der Waals surface area contributed by atoms with Gasteiger partial charge in [-0.05, 0) is 42.4 Å². The second-order valence-corrected chi connectivity index (χ2v) is 5.67. The highest BCUT2D eigenvalue weighted by atomic mass is 32.2. The maximum atomic E-state index is 9.79. The zero-order valence-corrected chi connectivity index (χ0v) is 11.1. The standard InChI is InChI=1S/C14H20O2S/c1-2-17-10-4-9-16-14-6-3-5-11-12(14)7-8-13(11)15/h3,5-6,13,15H,2,4,7-10H2,1H3. The molecule has 1 aromatic carbocycles. The van der Waals surface area contributed by atoms with Gasteiger partial charge in [0, 0.05) is 5.56 Å². The fraction of sp³-hybridized carbons (Fsp3) is 0.571. The molecule has 1 aliphatic rings. The Morgan fingerprint density at radius 3 is 3.18 bits per heavy atom. The Labute approximate surface area is 107 Å². The number of benzene rings is 1. The summed E-state index contributed by atoms with van der Waals surface area (Å²) < 4.78 is 5.82. The van der Waals surface area contributed by atoms with E-state index in [1.807, 2.05) is 30.0 Å². The lowest BCUT2D eigenvalue weighted by Gasteiger charge is -2.11. The second-order valence-electron chi connectivity index (χ2n) is 4.28. The molecule has 0 saturated heterocycles. The van der Waals surface area contributed by atoms with E-state index < -0.39 is 0 Å². The molecule has 1 N–H and O–H groups in total. The summed E-state index contributed by atoms with van der Waals surface area (Å²) in [4.78, 5) is 0. The van der Waals surface area contributed by atoms with E-state index in [0.29, 0.717) is 0 Å². The molecule has 0 aromatic heterocycles. The Morgan fingerprint density at radius 1 is 1.47 bits per heavy atom. The van der Waals surface area contributed by atoms with Crippen LogP contribution in [0.4, 0.5) is 0 Å². The number of aliphatic hydroxyl groups excluding tert-OH is 1. The monoisotopic (exact) mass is 252 g/mol. The molecule has 0 bridgehead atoms. The third kappa shape index (κ3) is 3.17. The Kier molecular flexibility index (Phi) is 4.75. The molecule has 0 saturated carbocycles. The molecule has 17 heavy (non-hydrogen) atoms. The smallest absolute Gasteiger partial charge is 0.122 e. The molecule has 0 heterocycles. The van der Waals surface area contributed by atoms with E-state index in [9.17, 15) is 5.11 Å². The molecule has 0 spiro atoms. The molecule has 2 rings (SSSR count). The van der Waals surface area contributed by atoms with Crippen molar-refractivity contribution in [3.05, 3.63) is 29.3 Å². The van der Waals surface area contributed by atoms with Crippen LogP contribution >= 0.6 is 11.8 Å². The first-order valence-corrected chi connectivity index (χ1v) is 7.48. The Morgan fingerprint density at radius 2 is 2.35 bits per heavy atom. The number of hydrogen-bond donors (Lipinski definition) is 1. The summed E-state index contributed by atoms with van der Waals surface area (Å²) in [5.41, 5.74) is 2.27. The molecule has 94 valence electrons. The number of rotatable bonds is 6. The van der Waals surface area contributed by atoms with Crippen LogP contribution in [0.1, 0.15) is 37.0 Å². The molecule has 0 radical (unpaired) electrons. The Balaban J connectivity index is 1.89. The molecule has 1 aromatic rings. The van der Waals surface area contributed by atoms with Crippen LogP contribution in [0.5, 0.6) is 5.75 Å². The molecular formula is C14H20O2S. The summed E-state index contributed by atoms with van der Waals surface area (Å²) in [5, 5.41) is 9.79. The van der Waals surface area contributed by atoms with E-state index in [-0.39, 0.29) is 6.10 Å². The van der Waals surface area contributed by atoms with Crippen molar-refractivity contribution in [3.8, 4) is 5.75 Å². The number of thioether (sulfide) groups is 1. The van der Waals surface area contributed by atoms with Gasteiger partial charge in [0.05, 0.1) is 12.7 Å². The van der Waals surface area contributed by atoms with Crippen LogP contribution in [-0.4, -0.2) is 23.2 Å². The first kappa shape index (κ1) is 12.8. The van der Waals surface area contributed by atoms with Crippen molar-refractivity contribution in [3.63, 3.8) is 0 Å². The van der Waals surface area contributed by atoms with Crippen molar-refractivity contribution in [1.29, 1.82) is 0 Å². The van der Waals surface area contributed by atoms with Crippen molar-refractivity contribution < 1.29 is 9.84 Å². The normalized spacial score (nSPS) is 18.1. The summed E-state index contributed by atoms with van der Waals surface area (Å²) in [6.07, 6.45) is 2.58. The van der Waals surface area contributed by atoms with Gasteiger partial charge in [-0.1, -0.05) is 19.1 Å². The topological polar surface area (TPSA) is 29.5 Å². The SMILES string of the molecule is CCSCCCOc1cccc2c1CCC2O. The van der Waals surface area contributed by atoms with Crippen LogP contribution in [0.25, 0.3) is 0 Å². The maximum Gasteiger partial charge on any atom is 0.122 e. The van der Waals surface area contributed by atoms with Crippen LogP contribution in [-0.2, 0) is 6.42 Å². The Hall–Kier alpha value is -0.670. The number of aliphatic hydroxyl groups is 1. The highest BCUT2D eigenvalue weighted by molar-refractivity contribution is 7.99. The molecule has 1 atom stereocenters. The zero-order valence-electron chi connectivity index (χ0n) is 10.3. The summed E-state index contributed by atoms with van der Waals surface area (Å²) >= 11 is 1.95. The van der Waals surface area contributed by atoms with Gasteiger partial charge in [0.2, 0.25) is 0 Å². The van der Waals surface area contributed by atoms with Gasteiger partial charge in [-0.25, -0.2) is 0 Å². The van der Waals surface area contributed by atoms with Crippen molar-refractivity contribution in [2.24, 2.45) is 0 Å². The van der Waals surface area contributed by atoms with Gasteiger partial charge in [-0.2, -0.15) is 11.8 Å². The van der Waals surface area contributed by atoms with E-state index in [0.717, 1.165) is 42.9 Å². The molecule has 1 aliphatic carbocycles. The average Bonchev–Trinajstić information content (AvgIpc) is 2.72. The number of fused-ring (bicyclic) bond motifs is 1. The van der Waals surface area contributed by atoms with Crippen LogP contribution in [0.15, 0.2) is 18.2 Å². The summed E-state index contributed by atoms with van der Waals surface area (Å²) in [6.45, 7) is 2.95. The molecule has 3 heteroatoms. The third-order valence-corrected chi connectivity index (χ3v) is 4.08. The van der Waals surface area contributed by atoms with Gasteiger partial charge in [0.1, 0.15) is 5.75 Å². The van der Waals surface area contributed by atoms with E-state index in [4.69, 9.17) is 4.74 Å². The van der Waals surface area contributed by atoms with Crippen molar-refractivity contribution in [1.82, 2.24) is 0 Å². The van der Waals surface area contributed by atoms with Crippen LogP contribution in [0.2, 0.25) is 0 Å². The first-order valence-electron chi connectivity index (χ1n) is 6.33. The van der Waals surface area contributed by atoms with Gasteiger partial charge in [0.15, 0.2) is 0 Å². The van der Waals surface area contributed by atoms with Gasteiger partial charge in [-0.3, -0.25) is 0 Å². The highest BCUT2D eigenvalue weighted by Gasteiger charge is 2.22. The lowest BCUT2D eigenvalue weighted by atomic mass is 10.1. The third-order valence-electron chi connectivity index (χ3n) is 3.09. The minimum Gasteiger partial charge on any atom is -0.493 e. The van der Waals surface area contributed by atoms with E-state index in [1.165, 1.54) is 11.3 Å². The van der Waals surface area contributed by atoms with E-state index in [1.54, 1.807) is 0 Å². The lowest BCUT2D eigenvalue weighted by Crippen LogP contribution is -2.01. The van der Waals surface area contributed by atoms with Gasteiger partial charge in [-0.15, -0.1) is 0 Å². The lowest BCUT2D eigenvalue weighted by molar-refractivity contribution is 0.180. The summed E-state index contributed by atoms with van der Waals surface area (Å²) in [7, 11) is 0. The average molecular weight is 252 g/mol. The largest absolute Gasteiger partial charge is 0.493 e. The highest BCUT2D eigenvalue weighted by Crippen LogP contribution is 2.36. The van der Waals surface area contributed by atoms with Crippen LogP contribution < -0.4 is 4.74 Å². The molecule has 0 fully saturated rings. The van der Waals surface area contributed by atoms with Crippen LogP contribution in [0, 0.1) is 0 Å². The Bertz CT molecular complexity index is 365. The van der Waals surface area contributed by atoms with Crippen molar-refractivity contribution in [2.75, 3.05) is 18.1 Å². The van der Waals surface area contributed by atoms with Gasteiger partial charge >= 0.3 is 0 Å². The molecule has 2 nitrogen and oxygen atoms in total. The molecule has 1 unspecified atom stereocenters. The van der Waals surface area contributed by atoms with Crippen molar-refractivity contribution >= 4 is 11.8 Å². The molecule has 0 amide bonds. The minimum absolute atomic E-state index is 0.288. The second kappa shape index (κ2) is 6.31. The van der Waals surface area contributed by atoms with Crippen molar-refractivity contribution in [2.45, 2.75) is 32.3 Å². The molecular weight excluding hydrogens is 232 g/mol. The fourth-order valence-electron chi connectivity index (χ4n) is 2.22. The quantitative estimate of drug-likeness (QED) is 0.788. The number of ether oxygens (including phenoxy) is 1. The summed E-state index contributed by atoms with van der Waals surface area (Å²) in [5.74, 6) is 3.31. The van der Waals surface area contributed by atoms with Gasteiger partial charge < -0.3 is 9.84 Å². The fourth-order valence-corrected chi connectivity index (χ4v) is 2.83.